The summed E-state index contributed by atoms with van der Waals surface area (Å²) < 4.78 is 1.90. The molecule has 0 aliphatic carbocycles. The Kier molecular flexibility index (Phi) is 9.04. The van der Waals surface area contributed by atoms with Crippen molar-refractivity contribution in [1.82, 2.24) is 19.9 Å². The zero-order valence-corrected chi connectivity index (χ0v) is 22.3. The van der Waals surface area contributed by atoms with Gasteiger partial charge in [0.05, 0.1) is 0 Å². The summed E-state index contributed by atoms with van der Waals surface area (Å²) in [6, 6.07) is 20.3. The molecule has 0 bridgehead atoms. The highest BCUT2D eigenvalue weighted by Gasteiger charge is 2.21. The van der Waals surface area contributed by atoms with Gasteiger partial charge in [-0.3, -0.25) is 4.79 Å². The van der Waals surface area contributed by atoms with Gasteiger partial charge < -0.3 is 20.5 Å². The number of nitrogens with one attached hydrogen (secondary N) is 3. The molecule has 192 valence electrons. The highest BCUT2D eigenvalue weighted by molar-refractivity contribution is 6.30. The zero-order valence-electron chi connectivity index (χ0n) is 20.8. The first kappa shape index (κ1) is 26.5. The largest absolute Gasteiger partial charge is 0.358 e. The quantitative estimate of drug-likeness (QED) is 0.208. The molecule has 0 saturated heterocycles. The lowest BCUT2D eigenvalue weighted by atomic mass is 10.0. The predicted molar refractivity (Wildman–Crippen MR) is 150 cm³/mol. The molecule has 1 amide bonds. The Labute approximate surface area is 227 Å². The summed E-state index contributed by atoms with van der Waals surface area (Å²) in [6.07, 6.45) is 4.47. The van der Waals surface area contributed by atoms with Crippen LogP contribution >= 0.6 is 23.2 Å². The van der Waals surface area contributed by atoms with Crippen LogP contribution < -0.4 is 16.0 Å². The number of benzene rings is 2. The average Bonchev–Trinajstić information content (AvgIpc) is 3.42. The van der Waals surface area contributed by atoms with E-state index in [1.165, 1.54) is 0 Å². The van der Waals surface area contributed by atoms with Crippen molar-refractivity contribution in [3.8, 4) is 5.82 Å². The third-order valence-electron chi connectivity index (χ3n) is 5.65. The minimum Gasteiger partial charge on any atom is -0.358 e. The summed E-state index contributed by atoms with van der Waals surface area (Å²) in [6.45, 7) is 5.10. The summed E-state index contributed by atoms with van der Waals surface area (Å²) in [5, 5.41) is 11.0. The maximum atomic E-state index is 13.2. The smallest absolute Gasteiger partial charge is 0.242 e. The minimum absolute atomic E-state index is 0.0989. The fraction of sp³-hybridized carbons (Fsp3) is 0.250. The van der Waals surface area contributed by atoms with Crippen molar-refractivity contribution in [3.63, 3.8) is 0 Å². The van der Waals surface area contributed by atoms with Crippen LogP contribution in [0.4, 0.5) is 11.8 Å². The van der Waals surface area contributed by atoms with E-state index in [1.54, 1.807) is 0 Å². The lowest BCUT2D eigenvalue weighted by Gasteiger charge is -2.21. The molecule has 7 nitrogen and oxygen atoms in total. The number of amides is 1. The molecule has 0 spiro atoms. The van der Waals surface area contributed by atoms with Crippen LogP contribution in [0.5, 0.6) is 0 Å². The molecule has 0 saturated carbocycles. The van der Waals surface area contributed by atoms with Crippen LogP contribution in [-0.4, -0.2) is 26.5 Å². The summed E-state index contributed by atoms with van der Waals surface area (Å²) in [5.41, 5.74) is 1.99. The lowest BCUT2D eigenvalue weighted by molar-refractivity contribution is -0.122. The molecular formula is C28H30Cl2N6O. The molecule has 4 rings (SSSR count). The summed E-state index contributed by atoms with van der Waals surface area (Å²) in [4.78, 5) is 22.5. The van der Waals surface area contributed by atoms with Gasteiger partial charge in [0.25, 0.3) is 0 Å². The van der Waals surface area contributed by atoms with Crippen LogP contribution in [0.1, 0.15) is 31.4 Å². The van der Waals surface area contributed by atoms with Gasteiger partial charge in [0.15, 0.2) is 0 Å². The van der Waals surface area contributed by atoms with Crippen molar-refractivity contribution < 1.29 is 4.79 Å². The van der Waals surface area contributed by atoms with Crippen molar-refractivity contribution in [2.45, 2.75) is 39.4 Å². The van der Waals surface area contributed by atoms with Gasteiger partial charge >= 0.3 is 0 Å². The number of hydrogen-bond donors (Lipinski definition) is 3. The fourth-order valence-electron chi connectivity index (χ4n) is 3.83. The Bertz CT molecular complexity index is 1310. The molecule has 0 fully saturated rings. The Balaban J connectivity index is 1.53. The second-order valence-corrected chi connectivity index (χ2v) is 10.1. The second kappa shape index (κ2) is 12.6. The van der Waals surface area contributed by atoms with Gasteiger partial charge in [0, 0.05) is 41.6 Å². The zero-order chi connectivity index (χ0) is 26.2. The number of nitrogens with zero attached hydrogens (tertiary/aromatic N) is 3. The fourth-order valence-corrected chi connectivity index (χ4v) is 4.17. The molecule has 9 heteroatoms. The molecule has 4 aromatic rings. The van der Waals surface area contributed by atoms with Crippen LogP contribution in [0.3, 0.4) is 0 Å². The maximum absolute atomic E-state index is 13.2. The number of anilines is 2. The number of hydrogen-bond acceptors (Lipinski definition) is 5. The molecule has 2 heterocycles. The van der Waals surface area contributed by atoms with E-state index in [2.05, 4.69) is 39.8 Å². The molecule has 2 aromatic heterocycles. The summed E-state index contributed by atoms with van der Waals surface area (Å²) >= 11 is 12.1. The number of halogens is 2. The molecule has 0 aliphatic rings. The van der Waals surface area contributed by atoms with E-state index in [1.807, 2.05) is 83.7 Å². The second-order valence-electron chi connectivity index (χ2n) is 9.18. The first-order valence-electron chi connectivity index (χ1n) is 12.1. The standard InChI is InChI=1S/C28H30Cl2N6O/c1-19(2)14-24(27(37)31-17-20-8-10-22(29)11-9-20)33-25-16-26(36-12-3-4-13-36)35-28(34-25)32-18-21-6-5-7-23(30)15-21/h3-13,15-16,19,24H,14,17-18H2,1-2H3,(H,31,37)(H2,32,33,34,35)/t24-/m1/s1. The lowest BCUT2D eigenvalue weighted by Crippen LogP contribution is -2.40. The van der Waals surface area contributed by atoms with Crippen molar-refractivity contribution >= 4 is 40.9 Å². The van der Waals surface area contributed by atoms with Crippen LogP contribution in [0, 0.1) is 5.92 Å². The molecule has 0 radical (unpaired) electrons. The molecule has 2 aromatic carbocycles. The van der Waals surface area contributed by atoms with Gasteiger partial charge in [0.2, 0.25) is 11.9 Å². The molecular weight excluding hydrogens is 507 g/mol. The van der Waals surface area contributed by atoms with Gasteiger partial charge in [-0.1, -0.05) is 61.3 Å². The van der Waals surface area contributed by atoms with E-state index in [4.69, 9.17) is 23.2 Å². The van der Waals surface area contributed by atoms with Gasteiger partial charge in [-0.15, -0.1) is 0 Å². The van der Waals surface area contributed by atoms with Crippen LogP contribution in [0.2, 0.25) is 10.0 Å². The average molecular weight is 537 g/mol. The van der Waals surface area contributed by atoms with Gasteiger partial charge in [-0.25, -0.2) is 0 Å². The summed E-state index contributed by atoms with van der Waals surface area (Å²) in [5.74, 6) is 1.88. The first-order chi connectivity index (χ1) is 17.9. The Morgan fingerprint density at radius 2 is 1.65 bits per heavy atom. The predicted octanol–water partition coefficient (Wildman–Crippen LogP) is 6.33. The highest BCUT2D eigenvalue weighted by Crippen LogP contribution is 2.19. The molecule has 37 heavy (non-hydrogen) atoms. The molecule has 0 unspecified atom stereocenters. The first-order valence-corrected chi connectivity index (χ1v) is 12.9. The third kappa shape index (κ3) is 7.97. The van der Waals surface area contributed by atoms with Crippen molar-refractivity contribution in [2.75, 3.05) is 10.6 Å². The highest BCUT2D eigenvalue weighted by atomic mass is 35.5. The Hall–Kier alpha value is -3.55. The SMILES string of the molecule is CC(C)C[C@@H](Nc1cc(-n2cccc2)nc(NCc2cccc(Cl)c2)n1)C(=O)NCc1ccc(Cl)cc1. The minimum atomic E-state index is -0.472. The molecule has 0 aliphatic heterocycles. The maximum Gasteiger partial charge on any atom is 0.242 e. The third-order valence-corrected chi connectivity index (χ3v) is 6.13. The van der Waals surface area contributed by atoms with E-state index >= 15 is 0 Å². The van der Waals surface area contributed by atoms with E-state index in [-0.39, 0.29) is 5.91 Å². The molecule has 1 atom stereocenters. The van der Waals surface area contributed by atoms with Gasteiger partial charge in [-0.2, -0.15) is 9.97 Å². The van der Waals surface area contributed by atoms with E-state index in [0.29, 0.717) is 53.1 Å². The van der Waals surface area contributed by atoms with Gasteiger partial charge in [-0.05, 0) is 59.9 Å². The Morgan fingerprint density at radius 3 is 2.35 bits per heavy atom. The Morgan fingerprint density at radius 1 is 0.892 bits per heavy atom. The van der Waals surface area contributed by atoms with Gasteiger partial charge in [0.1, 0.15) is 17.7 Å². The van der Waals surface area contributed by atoms with Crippen LogP contribution in [0.15, 0.2) is 79.1 Å². The van der Waals surface area contributed by atoms with E-state index in [0.717, 1.165) is 11.1 Å². The van der Waals surface area contributed by atoms with E-state index < -0.39 is 6.04 Å². The van der Waals surface area contributed by atoms with E-state index in [9.17, 15) is 4.79 Å². The van der Waals surface area contributed by atoms with Crippen LogP contribution in [-0.2, 0) is 17.9 Å². The topological polar surface area (TPSA) is 83.9 Å². The summed E-state index contributed by atoms with van der Waals surface area (Å²) in [7, 11) is 0. The van der Waals surface area contributed by atoms with Crippen molar-refractivity contribution in [3.05, 3.63) is 100 Å². The number of carbonyl (C=O) groups excluding carboxylic acids is 1. The van der Waals surface area contributed by atoms with Crippen molar-refractivity contribution in [2.24, 2.45) is 5.92 Å². The monoisotopic (exact) mass is 536 g/mol. The molecule has 3 N–H and O–H groups in total. The van der Waals surface area contributed by atoms with Crippen molar-refractivity contribution in [1.29, 1.82) is 0 Å². The normalized spacial score (nSPS) is 11.8. The number of carbonyl (C=O) groups is 1. The number of rotatable bonds is 11. The van der Waals surface area contributed by atoms with Crippen LogP contribution in [0.25, 0.3) is 5.82 Å². The number of aromatic nitrogens is 3.